The zero-order chi connectivity index (χ0) is 26.1. The summed E-state index contributed by atoms with van der Waals surface area (Å²) in [5.74, 6) is 0.811. The maximum absolute atomic E-state index is 13.3. The number of hydrogen-bond acceptors (Lipinski definition) is 4. The molecule has 0 atom stereocenters. The number of phosphoric ester groups is 1. The van der Waals surface area contributed by atoms with Gasteiger partial charge in [0.2, 0.25) is 0 Å². The van der Waals surface area contributed by atoms with Crippen molar-refractivity contribution in [1.82, 2.24) is 0 Å². The van der Waals surface area contributed by atoms with Crippen LogP contribution < -0.4 is 43.5 Å². The molecule has 0 N–H and O–H groups in total. The summed E-state index contributed by atoms with van der Waals surface area (Å²) < 4.78 is 24.8. The molecule has 36 heavy (non-hydrogen) atoms. The first-order valence-corrected chi connectivity index (χ1v) is 13.6. The number of hydrogen-bond donors (Lipinski definition) is 0. The van der Waals surface area contributed by atoms with E-state index in [1.54, 1.807) is 0 Å². The second-order valence-electron chi connectivity index (χ2n) is 13.8. The molecule has 0 fully saturated rings. The molecule has 2 aromatic rings. The van der Waals surface area contributed by atoms with Crippen molar-refractivity contribution in [2.24, 2.45) is 0 Å². The Balaban J connectivity index is 0.00000324. The molecule has 0 bridgehead atoms. The largest absolute Gasteiger partial charge is 1.00 e. The Bertz CT molecular complexity index is 1070. The quantitative estimate of drug-likeness (QED) is 0.345. The fraction of sp³-hybridized carbons (Fsp3) is 0.600. The van der Waals surface area contributed by atoms with Gasteiger partial charge in [-0.15, -0.1) is 0 Å². The summed E-state index contributed by atoms with van der Waals surface area (Å²) in [6, 6.07) is 8.40. The molecular formula is C30H46NaO4P. The third kappa shape index (κ3) is 7.20. The maximum atomic E-state index is 13.3. The Labute approximate surface area is 242 Å². The van der Waals surface area contributed by atoms with Crippen LogP contribution in [0.3, 0.4) is 0 Å². The van der Waals surface area contributed by atoms with Crippen molar-refractivity contribution in [2.45, 2.75) is 119 Å². The Kier molecular flexibility index (Phi) is 9.63. The van der Waals surface area contributed by atoms with Crippen LogP contribution in [-0.2, 0) is 32.6 Å². The van der Waals surface area contributed by atoms with Crippen molar-refractivity contribution in [3.63, 3.8) is 0 Å². The second-order valence-corrected chi connectivity index (χ2v) is 15.1. The van der Waals surface area contributed by atoms with E-state index < -0.39 is 7.82 Å². The zero-order valence-electron chi connectivity index (χ0n) is 24.1. The van der Waals surface area contributed by atoms with Gasteiger partial charge in [0.1, 0.15) is 11.5 Å². The summed E-state index contributed by atoms with van der Waals surface area (Å²) in [4.78, 5) is 13.3. The summed E-state index contributed by atoms with van der Waals surface area (Å²) in [5.41, 5.74) is 5.02. The van der Waals surface area contributed by atoms with Gasteiger partial charge in [-0.25, -0.2) is 4.57 Å². The summed E-state index contributed by atoms with van der Waals surface area (Å²) in [5, 5.41) is 0. The molecule has 1 heterocycles. The van der Waals surface area contributed by atoms with Crippen LogP contribution >= 0.6 is 7.82 Å². The average molecular weight is 525 g/mol. The van der Waals surface area contributed by atoms with E-state index in [4.69, 9.17) is 9.05 Å². The predicted octanol–water partition coefficient (Wildman–Crippen LogP) is 5.35. The van der Waals surface area contributed by atoms with E-state index in [-0.39, 0.29) is 58.6 Å². The number of benzene rings is 2. The number of fused-ring (bicyclic) bond motifs is 2. The van der Waals surface area contributed by atoms with Crippen molar-refractivity contribution in [2.75, 3.05) is 0 Å². The van der Waals surface area contributed by atoms with Gasteiger partial charge in [-0.3, -0.25) is 0 Å². The first kappa shape index (κ1) is 33.3. The molecule has 1 aliphatic heterocycles. The van der Waals surface area contributed by atoms with Crippen LogP contribution in [-0.4, -0.2) is 0 Å². The van der Waals surface area contributed by atoms with E-state index in [9.17, 15) is 9.46 Å². The molecule has 4 nitrogen and oxygen atoms in total. The molecule has 6 heteroatoms. The normalized spacial score (nSPS) is 15.6. The van der Waals surface area contributed by atoms with Gasteiger partial charge in [-0.05, 0) is 43.9 Å². The van der Waals surface area contributed by atoms with Crippen LogP contribution in [0.15, 0.2) is 24.3 Å². The second kappa shape index (κ2) is 10.4. The van der Waals surface area contributed by atoms with E-state index >= 15 is 0 Å². The summed E-state index contributed by atoms with van der Waals surface area (Å²) in [6.07, 6.45) is 0.532. The van der Waals surface area contributed by atoms with Crippen LogP contribution in [0.1, 0.15) is 124 Å². The minimum atomic E-state index is -4.68. The molecule has 1 aliphatic rings. The van der Waals surface area contributed by atoms with E-state index in [1.807, 2.05) is 0 Å². The molecule has 0 saturated heterocycles. The van der Waals surface area contributed by atoms with Crippen LogP contribution in [0.4, 0.5) is 0 Å². The minimum absolute atomic E-state index is 0. The molecule has 0 amide bonds. The fourth-order valence-electron chi connectivity index (χ4n) is 4.28. The van der Waals surface area contributed by atoms with E-state index in [0.717, 1.165) is 33.4 Å². The molecule has 0 spiro atoms. The smallest absolute Gasteiger partial charge is 0.736 e. The fourth-order valence-corrected chi connectivity index (χ4v) is 5.20. The topological polar surface area (TPSA) is 58.6 Å². The van der Waals surface area contributed by atoms with E-state index in [0.29, 0.717) is 17.9 Å². The summed E-state index contributed by atoms with van der Waals surface area (Å²) in [7, 11) is -4.68. The van der Waals surface area contributed by atoms with E-state index in [2.05, 4.69) is 107 Å². The standard InChI is InChI=1S/C29H43O4P.CH4.Na/c1-26(2,3)20-14-18-13-19-15-21(27(4,5)6)17-23(29(10,11)12)25(19)33-34(30,31)32-24(18)22(16-20)28(7,8)9;;/h14-17H,13H2,1-12H3,(H,30,31);1H4;/q;;+1/p-1. The van der Waals surface area contributed by atoms with Crippen molar-refractivity contribution in [3.8, 4) is 11.5 Å². The van der Waals surface area contributed by atoms with Crippen LogP contribution in [0.5, 0.6) is 11.5 Å². The third-order valence-electron chi connectivity index (χ3n) is 6.47. The van der Waals surface area contributed by atoms with Gasteiger partial charge < -0.3 is 13.9 Å². The predicted molar refractivity (Wildman–Crippen MR) is 146 cm³/mol. The van der Waals surface area contributed by atoms with Crippen molar-refractivity contribution in [1.29, 1.82) is 0 Å². The Morgan fingerprint density at radius 2 is 0.944 bits per heavy atom. The molecule has 3 rings (SSSR count). The SMILES string of the molecule is C.CC(C)(C)c1cc2c(c(C(C)(C)C)c1)OP(=O)([O-])Oc1c(cc(C(C)(C)C)cc1C(C)(C)C)C2.[Na+]. The third-order valence-corrected chi connectivity index (χ3v) is 7.28. The molecule has 0 saturated carbocycles. The van der Waals surface area contributed by atoms with Crippen molar-refractivity contribution < 1.29 is 48.1 Å². The summed E-state index contributed by atoms with van der Waals surface area (Å²) in [6.45, 7) is 25.5. The maximum Gasteiger partial charge on any atom is 1.00 e. The number of rotatable bonds is 0. The first-order chi connectivity index (χ1) is 15.1. The minimum Gasteiger partial charge on any atom is -0.736 e. The molecule has 0 aromatic heterocycles. The average Bonchev–Trinajstić information content (AvgIpc) is 2.58. The Morgan fingerprint density at radius 1 is 0.639 bits per heavy atom. The molecule has 0 unspecified atom stereocenters. The Morgan fingerprint density at radius 3 is 1.19 bits per heavy atom. The van der Waals surface area contributed by atoms with Crippen molar-refractivity contribution >= 4 is 7.82 Å². The van der Waals surface area contributed by atoms with Gasteiger partial charge in [-0.2, -0.15) is 0 Å². The van der Waals surface area contributed by atoms with Crippen LogP contribution in [0.25, 0.3) is 0 Å². The molecule has 0 aliphatic carbocycles. The van der Waals surface area contributed by atoms with Crippen LogP contribution in [0, 0.1) is 0 Å². The first-order valence-electron chi connectivity index (χ1n) is 12.2. The molecule has 2 aromatic carbocycles. The van der Waals surface area contributed by atoms with Gasteiger partial charge >= 0.3 is 37.4 Å². The van der Waals surface area contributed by atoms with Gasteiger partial charge in [0, 0.05) is 17.5 Å². The molecule has 0 radical (unpaired) electrons. The van der Waals surface area contributed by atoms with Crippen molar-refractivity contribution in [3.05, 3.63) is 57.6 Å². The monoisotopic (exact) mass is 524 g/mol. The van der Waals surface area contributed by atoms with Gasteiger partial charge in [0.05, 0.1) is 0 Å². The zero-order valence-corrected chi connectivity index (χ0v) is 27.0. The Hall–Kier alpha value is -0.770. The molecule has 196 valence electrons. The van der Waals surface area contributed by atoms with Gasteiger partial charge in [-0.1, -0.05) is 115 Å². The summed E-state index contributed by atoms with van der Waals surface area (Å²) >= 11 is 0. The van der Waals surface area contributed by atoms with Gasteiger partial charge in [0.25, 0.3) is 0 Å². The van der Waals surface area contributed by atoms with E-state index in [1.165, 1.54) is 0 Å². The number of phosphoric acid groups is 1. The molecular weight excluding hydrogens is 478 g/mol. The van der Waals surface area contributed by atoms with Gasteiger partial charge in [0.15, 0.2) is 0 Å². The van der Waals surface area contributed by atoms with Crippen LogP contribution in [0.2, 0.25) is 0 Å².